The fraction of sp³-hybridized carbons (Fsp3) is 0.409. The Morgan fingerprint density at radius 1 is 1.10 bits per heavy atom. The van der Waals surface area contributed by atoms with Gasteiger partial charge in [0.25, 0.3) is 0 Å². The van der Waals surface area contributed by atoms with Crippen molar-refractivity contribution in [2.45, 2.75) is 25.5 Å². The fourth-order valence-corrected chi connectivity index (χ4v) is 4.23. The van der Waals surface area contributed by atoms with Gasteiger partial charge in [-0.05, 0) is 55.8 Å². The van der Waals surface area contributed by atoms with Crippen LogP contribution in [0.2, 0.25) is 10.0 Å². The summed E-state index contributed by atoms with van der Waals surface area (Å²) < 4.78 is 11.6. The Labute approximate surface area is 180 Å². The maximum atomic E-state index is 12.6. The smallest absolute Gasteiger partial charge is 0.223 e. The number of benzene rings is 2. The summed E-state index contributed by atoms with van der Waals surface area (Å²) >= 11 is 12.2. The highest BCUT2D eigenvalue weighted by Gasteiger charge is 2.27. The Hall–Kier alpha value is -1.95. The molecule has 0 spiro atoms. The molecular weight excluding hydrogens is 411 g/mol. The monoisotopic (exact) mass is 434 g/mol. The highest BCUT2D eigenvalue weighted by Crippen LogP contribution is 2.31. The second kappa shape index (κ2) is 9.24. The van der Waals surface area contributed by atoms with Crippen LogP contribution in [-0.2, 0) is 11.3 Å². The molecular formula is C22H24Cl2N2O3. The van der Waals surface area contributed by atoms with Crippen molar-refractivity contribution in [1.29, 1.82) is 0 Å². The first-order valence-electron chi connectivity index (χ1n) is 9.91. The third-order valence-electron chi connectivity index (χ3n) is 5.44. The first-order valence-corrected chi connectivity index (χ1v) is 10.7. The number of para-hydroxylation sites is 2. The van der Waals surface area contributed by atoms with Gasteiger partial charge in [0.1, 0.15) is 12.7 Å². The molecule has 1 amide bonds. The summed E-state index contributed by atoms with van der Waals surface area (Å²) in [6, 6.07) is 13.2. The minimum Gasteiger partial charge on any atom is -0.486 e. The summed E-state index contributed by atoms with van der Waals surface area (Å²) in [5, 5.41) is 4.37. The van der Waals surface area contributed by atoms with E-state index in [-0.39, 0.29) is 17.9 Å². The van der Waals surface area contributed by atoms with Crippen molar-refractivity contribution in [3.05, 3.63) is 58.1 Å². The third-order valence-corrected chi connectivity index (χ3v) is 6.03. The van der Waals surface area contributed by atoms with Crippen molar-refractivity contribution in [3.8, 4) is 11.5 Å². The molecule has 7 heteroatoms. The number of carbonyl (C=O) groups excluding carboxylic acids is 1. The number of halogens is 2. The molecule has 2 aromatic rings. The summed E-state index contributed by atoms with van der Waals surface area (Å²) in [5.74, 6) is 1.61. The molecule has 0 aromatic heterocycles. The summed E-state index contributed by atoms with van der Waals surface area (Å²) in [7, 11) is 0. The van der Waals surface area contributed by atoms with Crippen LogP contribution in [-0.4, -0.2) is 43.2 Å². The van der Waals surface area contributed by atoms with Crippen LogP contribution in [0.3, 0.4) is 0 Å². The van der Waals surface area contributed by atoms with Crippen LogP contribution in [0.25, 0.3) is 0 Å². The molecule has 2 aromatic carbocycles. The molecule has 2 aliphatic rings. The molecule has 5 nitrogen and oxygen atoms in total. The van der Waals surface area contributed by atoms with Gasteiger partial charge in [-0.3, -0.25) is 9.69 Å². The number of nitrogens with zero attached hydrogens (tertiary/aromatic N) is 1. The summed E-state index contributed by atoms with van der Waals surface area (Å²) in [5.41, 5.74) is 1.06. The molecule has 0 bridgehead atoms. The predicted octanol–water partition coefficient (Wildman–Crippen LogP) is 4.16. The Kier molecular flexibility index (Phi) is 6.48. The lowest BCUT2D eigenvalue weighted by molar-refractivity contribution is -0.127. The van der Waals surface area contributed by atoms with Gasteiger partial charge in [-0.25, -0.2) is 0 Å². The predicted molar refractivity (Wildman–Crippen MR) is 114 cm³/mol. The van der Waals surface area contributed by atoms with Crippen molar-refractivity contribution < 1.29 is 14.3 Å². The zero-order valence-electron chi connectivity index (χ0n) is 16.1. The van der Waals surface area contributed by atoms with E-state index < -0.39 is 0 Å². The maximum absolute atomic E-state index is 12.6. The number of fused-ring (bicyclic) bond motifs is 1. The molecule has 2 heterocycles. The molecule has 4 rings (SSSR count). The van der Waals surface area contributed by atoms with E-state index in [0.29, 0.717) is 23.2 Å². The van der Waals surface area contributed by atoms with Crippen molar-refractivity contribution in [1.82, 2.24) is 10.2 Å². The normalized spacial score (nSPS) is 19.7. The lowest BCUT2D eigenvalue weighted by Crippen LogP contribution is -2.45. The number of rotatable bonds is 5. The van der Waals surface area contributed by atoms with Crippen molar-refractivity contribution in [2.75, 3.05) is 26.2 Å². The Balaban J connectivity index is 1.21. The minimum atomic E-state index is -0.166. The van der Waals surface area contributed by atoms with Gasteiger partial charge < -0.3 is 14.8 Å². The Morgan fingerprint density at radius 3 is 2.62 bits per heavy atom. The lowest BCUT2D eigenvalue weighted by atomic mass is 9.95. The lowest BCUT2D eigenvalue weighted by Gasteiger charge is -2.32. The van der Waals surface area contributed by atoms with Gasteiger partial charge in [0.2, 0.25) is 5.91 Å². The second-order valence-electron chi connectivity index (χ2n) is 7.53. The highest BCUT2D eigenvalue weighted by atomic mass is 35.5. The molecule has 0 radical (unpaired) electrons. The first kappa shape index (κ1) is 20.3. The Morgan fingerprint density at radius 2 is 1.86 bits per heavy atom. The van der Waals surface area contributed by atoms with Crippen LogP contribution in [0.15, 0.2) is 42.5 Å². The summed E-state index contributed by atoms with van der Waals surface area (Å²) in [4.78, 5) is 14.9. The molecule has 154 valence electrons. The summed E-state index contributed by atoms with van der Waals surface area (Å²) in [6.07, 6.45) is 1.50. The molecule has 1 N–H and O–H groups in total. The molecule has 0 saturated carbocycles. The van der Waals surface area contributed by atoms with Gasteiger partial charge in [-0.2, -0.15) is 0 Å². The first-order chi connectivity index (χ1) is 14.1. The van der Waals surface area contributed by atoms with Crippen LogP contribution in [0.4, 0.5) is 0 Å². The van der Waals surface area contributed by atoms with Crippen molar-refractivity contribution in [2.24, 2.45) is 5.92 Å². The van der Waals surface area contributed by atoms with Crippen LogP contribution in [0.5, 0.6) is 11.5 Å². The maximum Gasteiger partial charge on any atom is 0.223 e. The van der Waals surface area contributed by atoms with Gasteiger partial charge in [-0.1, -0.05) is 41.4 Å². The number of hydrogen-bond donors (Lipinski definition) is 1. The topological polar surface area (TPSA) is 50.8 Å². The molecule has 0 unspecified atom stereocenters. The van der Waals surface area contributed by atoms with Gasteiger partial charge in [0.05, 0.1) is 6.54 Å². The Bertz CT molecular complexity index is 869. The van der Waals surface area contributed by atoms with E-state index in [2.05, 4.69) is 10.2 Å². The molecule has 0 aliphatic carbocycles. The van der Waals surface area contributed by atoms with Crippen molar-refractivity contribution >= 4 is 29.1 Å². The van der Waals surface area contributed by atoms with Crippen LogP contribution >= 0.6 is 23.2 Å². The second-order valence-corrected chi connectivity index (χ2v) is 8.37. The van der Waals surface area contributed by atoms with Crippen LogP contribution in [0.1, 0.15) is 18.4 Å². The van der Waals surface area contributed by atoms with E-state index in [0.717, 1.165) is 49.5 Å². The average Bonchev–Trinajstić information content (AvgIpc) is 2.74. The van der Waals surface area contributed by atoms with E-state index in [9.17, 15) is 4.79 Å². The van der Waals surface area contributed by atoms with E-state index >= 15 is 0 Å². The SMILES string of the molecule is O=C(NC[C@H]1COc2ccccc2O1)C1CCN(Cc2ccc(Cl)cc2Cl)CC1. The number of carbonyl (C=O) groups is 1. The number of hydrogen-bond acceptors (Lipinski definition) is 4. The number of piperidine rings is 1. The van der Waals surface area contributed by atoms with Crippen molar-refractivity contribution in [3.63, 3.8) is 0 Å². The van der Waals surface area contributed by atoms with Crippen LogP contribution < -0.4 is 14.8 Å². The van der Waals surface area contributed by atoms with E-state index in [1.54, 1.807) is 6.07 Å². The van der Waals surface area contributed by atoms with Crippen LogP contribution in [0, 0.1) is 5.92 Å². The fourth-order valence-electron chi connectivity index (χ4n) is 3.77. The molecule has 29 heavy (non-hydrogen) atoms. The minimum absolute atomic E-state index is 0.0312. The quantitative estimate of drug-likeness (QED) is 0.767. The third kappa shape index (κ3) is 5.16. The largest absolute Gasteiger partial charge is 0.486 e. The molecule has 1 fully saturated rings. The number of likely N-dealkylation sites (tertiary alicyclic amines) is 1. The van der Waals surface area contributed by atoms with E-state index in [1.807, 2.05) is 36.4 Å². The summed E-state index contributed by atoms with van der Waals surface area (Å²) in [6.45, 7) is 3.41. The zero-order chi connectivity index (χ0) is 20.2. The van der Waals surface area contributed by atoms with Gasteiger partial charge in [-0.15, -0.1) is 0 Å². The zero-order valence-corrected chi connectivity index (χ0v) is 17.6. The molecule has 1 atom stereocenters. The van der Waals surface area contributed by atoms with Gasteiger partial charge >= 0.3 is 0 Å². The van der Waals surface area contributed by atoms with Gasteiger partial charge in [0, 0.05) is 22.5 Å². The standard InChI is InChI=1S/C22H24Cl2N2O3/c23-17-6-5-16(19(24)11-17)13-26-9-7-15(8-10-26)22(27)25-12-18-14-28-20-3-1-2-4-21(20)29-18/h1-6,11,15,18H,7-10,12-14H2,(H,25,27)/t18-/m0/s1. The van der Waals surface area contributed by atoms with E-state index in [1.165, 1.54) is 0 Å². The molecule has 1 saturated heterocycles. The number of ether oxygens (including phenoxy) is 2. The number of nitrogens with one attached hydrogen (secondary N) is 1. The number of amides is 1. The van der Waals surface area contributed by atoms with E-state index in [4.69, 9.17) is 32.7 Å². The molecule has 2 aliphatic heterocycles. The highest BCUT2D eigenvalue weighted by molar-refractivity contribution is 6.35. The van der Waals surface area contributed by atoms with Gasteiger partial charge in [0.15, 0.2) is 11.5 Å². The average molecular weight is 435 g/mol.